The minimum atomic E-state index is -0.403. The van der Waals surface area contributed by atoms with Crippen molar-refractivity contribution in [1.82, 2.24) is 0 Å². The Hall–Kier alpha value is -0.600. The molecule has 2 nitrogen and oxygen atoms in total. The Morgan fingerprint density at radius 1 is 1.10 bits per heavy atom. The van der Waals surface area contributed by atoms with Gasteiger partial charge in [0.15, 0.2) is 0 Å². The Balaban J connectivity index is 1.67. The van der Waals surface area contributed by atoms with Crippen molar-refractivity contribution < 1.29 is 10.2 Å². The minimum Gasteiger partial charge on any atom is -0.392 e. The summed E-state index contributed by atoms with van der Waals surface area (Å²) in [4.78, 5) is 0. The zero-order chi connectivity index (χ0) is 22.1. The van der Waals surface area contributed by atoms with E-state index in [2.05, 4.69) is 46.8 Å². The zero-order valence-electron chi connectivity index (χ0n) is 20.6. The average Bonchev–Trinajstić information content (AvgIpc) is 3.00. The molecule has 0 aromatic heterocycles. The van der Waals surface area contributed by atoms with E-state index in [9.17, 15) is 10.2 Å². The highest BCUT2D eigenvalue weighted by Gasteiger charge is 2.50. The van der Waals surface area contributed by atoms with Gasteiger partial charge in [-0.1, -0.05) is 77.7 Å². The molecule has 3 saturated carbocycles. The van der Waals surface area contributed by atoms with Crippen LogP contribution in [0.25, 0.3) is 0 Å². The topological polar surface area (TPSA) is 40.5 Å². The third-order valence-electron chi connectivity index (χ3n) is 9.00. The zero-order valence-corrected chi connectivity index (χ0v) is 20.6. The number of rotatable bonds is 5. The molecule has 0 radical (unpaired) electrons. The van der Waals surface area contributed by atoms with Gasteiger partial charge in [0.05, 0.1) is 12.2 Å². The fourth-order valence-corrected chi connectivity index (χ4v) is 6.98. The molecule has 0 aromatic carbocycles. The maximum absolute atomic E-state index is 10.2. The predicted octanol–water partition coefficient (Wildman–Crippen LogP) is 7.06. The Morgan fingerprint density at radius 3 is 2.40 bits per heavy atom. The van der Waals surface area contributed by atoms with E-state index in [0.717, 1.165) is 30.6 Å². The van der Waals surface area contributed by atoms with E-state index in [1.54, 1.807) is 5.57 Å². The molecule has 3 aliphatic carbocycles. The van der Waals surface area contributed by atoms with Crippen LogP contribution >= 0.6 is 0 Å². The van der Waals surface area contributed by atoms with Gasteiger partial charge in [-0.3, -0.25) is 0 Å². The van der Waals surface area contributed by atoms with Gasteiger partial charge in [-0.15, -0.1) is 0 Å². The van der Waals surface area contributed by atoms with Crippen LogP contribution in [0.5, 0.6) is 0 Å². The highest BCUT2D eigenvalue weighted by atomic mass is 16.3. The van der Waals surface area contributed by atoms with Gasteiger partial charge >= 0.3 is 0 Å². The van der Waals surface area contributed by atoms with E-state index < -0.39 is 12.2 Å². The van der Waals surface area contributed by atoms with Crippen molar-refractivity contribution in [3.63, 3.8) is 0 Å². The minimum absolute atomic E-state index is 0.0110. The summed E-state index contributed by atoms with van der Waals surface area (Å²) >= 11 is 0. The first kappa shape index (κ1) is 24.1. The first-order valence-corrected chi connectivity index (χ1v) is 12.8. The second kappa shape index (κ2) is 9.49. The van der Waals surface area contributed by atoms with E-state index in [-0.39, 0.29) is 5.92 Å². The summed E-state index contributed by atoms with van der Waals surface area (Å²) in [5, 5.41) is 20.5. The van der Waals surface area contributed by atoms with Gasteiger partial charge in [0.25, 0.3) is 0 Å². The molecule has 2 heteroatoms. The maximum atomic E-state index is 10.2. The fraction of sp³-hybridized carbons (Fsp3) is 0.857. The van der Waals surface area contributed by atoms with Crippen LogP contribution in [0.2, 0.25) is 0 Å². The summed E-state index contributed by atoms with van der Waals surface area (Å²) in [5.41, 5.74) is 3.78. The molecule has 0 bridgehead atoms. The van der Waals surface area contributed by atoms with Crippen molar-refractivity contribution in [3.8, 4) is 0 Å². The summed E-state index contributed by atoms with van der Waals surface area (Å²) in [5.74, 6) is 2.40. The third-order valence-corrected chi connectivity index (χ3v) is 9.00. The van der Waals surface area contributed by atoms with Crippen LogP contribution in [-0.4, -0.2) is 22.4 Å². The number of hydrogen-bond acceptors (Lipinski definition) is 2. The maximum Gasteiger partial charge on any atom is 0.0627 e. The van der Waals surface area contributed by atoms with Gasteiger partial charge in [0, 0.05) is 5.92 Å². The molecule has 3 fully saturated rings. The Kier molecular flexibility index (Phi) is 7.61. The molecule has 3 unspecified atom stereocenters. The summed E-state index contributed by atoms with van der Waals surface area (Å²) in [7, 11) is 0. The molecule has 0 spiro atoms. The molecular weight excluding hydrogens is 368 g/mol. The van der Waals surface area contributed by atoms with Crippen molar-refractivity contribution in [2.45, 2.75) is 118 Å². The Morgan fingerprint density at radius 2 is 1.77 bits per heavy atom. The normalized spacial score (nSPS) is 39.8. The predicted molar refractivity (Wildman–Crippen MR) is 127 cm³/mol. The van der Waals surface area contributed by atoms with Gasteiger partial charge in [0.1, 0.15) is 0 Å². The van der Waals surface area contributed by atoms with E-state index >= 15 is 0 Å². The van der Waals surface area contributed by atoms with Crippen LogP contribution in [0.15, 0.2) is 23.3 Å². The van der Waals surface area contributed by atoms with Crippen LogP contribution in [0.3, 0.4) is 0 Å². The van der Waals surface area contributed by atoms with Gasteiger partial charge in [-0.2, -0.15) is 0 Å². The lowest BCUT2D eigenvalue weighted by atomic mass is 9.60. The standard InChI is InChI=1S/C28H48O2/c1-19(9-7-15-27(3,4)5)23-13-14-24-22(10-8-16-28(23,24)6)12-11-21-17-25(29)20(2)26(30)18-21/h11-12,19-20,23-26,29-30H,7-10,13-18H2,1-6H3/b21-11?,22-12+/t19-,20?,23?,24?,25+,26+,28?/m0/s1. The van der Waals surface area contributed by atoms with Gasteiger partial charge in [-0.05, 0) is 80.0 Å². The number of hydrogen-bond donors (Lipinski definition) is 2. The molecule has 172 valence electrons. The monoisotopic (exact) mass is 416 g/mol. The Bertz CT molecular complexity index is 626. The summed E-state index contributed by atoms with van der Waals surface area (Å²) in [6.45, 7) is 14.2. The van der Waals surface area contributed by atoms with Crippen molar-refractivity contribution in [2.75, 3.05) is 0 Å². The molecule has 0 saturated heterocycles. The van der Waals surface area contributed by atoms with Crippen molar-refractivity contribution in [3.05, 3.63) is 23.3 Å². The first-order chi connectivity index (χ1) is 14.0. The quantitative estimate of drug-likeness (QED) is 0.503. The second-order valence-electron chi connectivity index (χ2n) is 12.5. The number of aliphatic hydroxyl groups excluding tert-OH is 2. The largest absolute Gasteiger partial charge is 0.392 e. The summed E-state index contributed by atoms with van der Waals surface area (Å²) in [6, 6.07) is 0. The van der Waals surface area contributed by atoms with Gasteiger partial charge in [-0.25, -0.2) is 0 Å². The lowest BCUT2D eigenvalue weighted by Crippen LogP contribution is -2.36. The van der Waals surface area contributed by atoms with Gasteiger partial charge in [0.2, 0.25) is 0 Å². The first-order valence-electron chi connectivity index (χ1n) is 12.8. The molecule has 0 aromatic rings. The molecule has 0 heterocycles. The van der Waals surface area contributed by atoms with E-state index in [0.29, 0.717) is 10.8 Å². The van der Waals surface area contributed by atoms with Crippen molar-refractivity contribution in [2.24, 2.45) is 34.5 Å². The molecule has 0 aliphatic heterocycles. The lowest BCUT2D eigenvalue weighted by molar-refractivity contribution is 0.00407. The van der Waals surface area contributed by atoms with Crippen molar-refractivity contribution >= 4 is 0 Å². The molecule has 30 heavy (non-hydrogen) atoms. The molecule has 3 rings (SSSR count). The van der Waals surface area contributed by atoms with Crippen LogP contribution in [0.4, 0.5) is 0 Å². The number of fused-ring (bicyclic) bond motifs is 1. The second-order valence-corrected chi connectivity index (χ2v) is 12.5. The summed E-state index contributed by atoms with van der Waals surface area (Å²) in [6.07, 6.45) is 16.0. The molecule has 3 aliphatic rings. The van der Waals surface area contributed by atoms with E-state index in [1.165, 1.54) is 56.9 Å². The Labute approximate surface area is 186 Å². The lowest BCUT2D eigenvalue weighted by Gasteiger charge is -2.44. The molecular formula is C28H48O2. The SMILES string of the molecule is CC1[C@H](O)CC(=C/C=C2\CCCC3(C)C2CCC3[C@@H](C)CCCC(C)(C)C)C[C@H]1O. The third kappa shape index (κ3) is 5.41. The van der Waals surface area contributed by atoms with Crippen LogP contribution in [0.1, 0.15) is 106 Å². The molecule has 6 atom stereocenters. The van der Waals surface area contributed by atoms with E-state index in [4.69, 9.17) is 0 Å². The average molecular weight is 417 g/mol. The highest BCUT2D eigenvalue weighted by molar-refractivity contribution is 5.26. The smallest absolute Gasteiger partial charge is 0.0627 e. The van der Waals surface area contributed by atoms with Crippen molar-refractivity contribution in [1.29, 1.82) is 0 Å². The molecule has 2 N–H and O–H groups in total. The number of aliphatic hydroxyl groups is 2. The van der Waals surface area contributed by atoms with Crippen LogP contribution in [0, 0.1) is 34.5 Å². The van der Waals surface area contributed by atoms with Crippen LogP contribution in [-0.2, 0) is 0 Å². The summed E-state index contributed by atoms with van der Waals surface area (Å²) < 4.78 is 0. The van der Waals surface area contributed by atoms with Gasteiger partial charge < -0.3 is 10.2 Å². The van der Waals surface area contributed by atoms with E-state index in [1.807, 2.05) is 6.92 Å². The van der Waals surface area contributed by atoms with Crippen LogP contribution < -0.4 is 0 Å². The number of allylic oxidation sites excluding steroid dienone is 3. The highest BCUT2D eigenvalue weighted by Crippen LogP contribution is 2.60. The fourth-order valence-electron chi connectivity index (χ4n) is 6.98. The molecule has 0 amide bonds.